The summed E-state index contributed by atoms with van der Waals surface area (Å²) in [6.07, 6.45) is 6.13. The van der Waals surface area contributed by atoms with Crippen molar-refractivity contribution in [2.45, 2.75) is 63.1 Å². The van der Waals surface area contributed by atoms with Crippen molar-refractivity contribution >= 4 is 11.9 Å². The molecule has 2 aliphatic heterocycles. The lowest BCUT2D eigenvalue weighted by Gasteiger charge is -2.34. The summed E-state index contributed by atoms with van der Waals surface area (Å²) in [4.78, 5) is 25.6. The van der Waals surface area contributed by atoms with Crippen molar-refractivity contribution in [3.63, 3.8) is 0 Å². The van der Waals surface area contributed by atoms with Gasteiger partial charge in [0.05, 0.1) is 0 Å². The van der Waals surface area contributed by atoms with E-state index in [2.05, 4.69) is 0 Å². The van der Waals surface area contributed by atoms with Gasteiger partial charge in [0.2, 0.25) is 0 Å². The summed E-state index contributed by atoms with van der Waals surface area (Å²) in [5.74, 6) is -0.569. The molecule has 0 aromatic carbocycles. The summed E-state index contributed by atoms with van der Waals surface area (Å²) in [5.41, 5.74) is 0. The Morgan fingerprint density at radius 2 is 1.89 bits per heavy atom. The Morgan fingerprint density at radius 3 is 2.58 bits per heavy atom. The summed E-state index contributed by atoms with van der Waals surface area (Å²) >= 11 is 0. The molecular formula is C14H21NO4. The summed E-state index contributed by atoms with van der Waals surface area (Å²) in [6, 6.07) is -0.503. The second-order valence-electron chi connectivity index (χ2n) is 5.95. The number of likely N-dealkylation sites (tertiary alicyclic amines) is 1. The molecule has 3 fully saturated rings. The number of carboxylic acids is 1. The number of rotatable bonds is 2. The molecule has 5 heteroatoms. The monoisotopic (exact) mass is 267 g/mol. The van der Waals surface area contributed by atoms with Gasteiger partial charge in [-0.05, 0) is 38.0 Å². The van der Waals surface area contributed by atoms with Gasteiger partial charge in [-0.1, -0.05) is 12.8 Å². The SMILES string of the molecule is O=C(O)[C@@H]1C[C@@H]2CCCC[C@@H]2N1C(=O)[C@@H]1CCCO1. The zero-order valence-electron chi connectivity index (χ0n) is 11.1. The first-order valence-corrected chi connectivity index (χ1v) is 7.35. The van der Waals surface area contributed by atoms with E-state index >= 15 is 0 Å². The number of carbonyl (C=O) groups is 2. The average molecular weight is 267 g/mol. The number of carbonyl (C=O) groups excluding carboxylic acids is 1. The Labute approximate surface area is 112 Å². The molecule has 0 radical (unpaired) electrons. The van der Waals surface area contributed by atoms with Crippen LogP contribution in [0.4, 0.5) is 0 Å². The fourth-order valence-electron chi connectivity index (χ4n) is 3.94. The standard InChI is InChI=1S/C14H21NO4/c16-13(12-6-3-7-19-12)15-10-5-2-1-4-9(10)8-11(15)14(17)18/h9-12H,1-8H2,(H,17,18)/t9-,10-,11-,12-/m0/s1. The van der Waals surface area contributed by atoms with Crippen molar-refractivity contribution in [3.8, 4) is 0 Å². The van der Waals surface area contributed by atoms with E-state index in [9.17, 15) is 14.7 Å². The van der Waals surface area contributed by atoms with E-state index < -0.39 is 18.1 Å². The summed E-state index contributed by atoms with van der Waals surface area (Å²) in [5, 5.41) is 9.39. The van der Waals surface area contributed by atoms with Gasteiger partial charge < -0.3 is 14.7 Å². The number of amides is 1. The molecule has 0 aromatic heterocycles. The largest absolute Gasteiger partial charge is 0.480 e. The molecule has 1 aliphatic carbocycles. The first-order chi connectivity index (χ1) is 9.18. The highest BCUT2D eigenvalue weighted by atomic mass is 16.5. The van der Waals surface area contributed by atoms with Crippen LogP contribution in [0.3, 0.4) is 0 Å². The van der Waals surface area contributed by atoms with E-state index in [4.69, 9.17) is 4.74 Å². The third-order valence-corrected chi connectivity index (χ3v) is 4.83. The molecule has 1 saturated carbocycles. The predicted molar refractivity (Wildman–Crippen MR) is 67.6 cm³/mol. The number of nitrogens with zero attached hydrogens (tertiary/aromatic N) is 1. The molecule has 2 heterocycles. The topological polar surface area (TPSA) is 66.8 Å². The number of aliphatic carboxylic acids is 1. The molecule has 3 rings (SSSR count). The van der Waals surface area contributed by atoms with E-state index in [0.29, 0.717) is 18.9 Å². The lowest BCUT2D eigenvalue weighted by Crippen LogP contribution is -2.50. The van der Waals surface area contributed by atoms with Crippen LogP contribution in [-0.2, 0) is 14.3 Å². The third-order valence-electron chi connectivity index (χ3n) is 4.83. The molecule has 0 unspecified atom stereocenters. The lowest BCUT2D eigenvalue weighted by atomic mass is 9.84. The van der Waals surface area contributed by atoms with E-state index in [0.717, 1.165) is 38.5 Å². The minimum atomic E-state index is -0.860. The molecular weight excluding hydrogens is 246 g/mol. The molecule has 3 aliphatic rings. The summed E-state index contributed by atoms with van der Waals surface area (Å²) in [7, 11) is 0. The second-order valence-corrected chi connectivity index (χ2v) is 5.95. The number of carboxylic acid groups (broad SMARTS) is 1. The van der Waals surface area contributed by atoms with Crippen LogP contribution in [0.2, 0.25) is 0 Å². The van der Waals surface area contributed by atoms with Crippen LogP contribution in [0.15, 0.2) is 0 Å². The molecule has 0 spiro atoms. The molecule has 0 bridgehead atoms. The minimum absolute atomic E-state index is 0.0840. The molecule has 1 N–H and O–H groups in total. The molecule has 106 valence electrons. The Kier molecular flexibility index (Phi) is 3.48. The molecule has 1 amide bonds. The Morgan fingerprint density at radius 1 is 1.11 bits per heavy atom. The van der Waals surface area contributed by atoms with Gasteiger partial charge in [0.1, 0.15) is 12.1 Å². The highest BCUT2D eigenvalue weighted by Gasteiger charge is 2.49. The van der Waals surface area contributed by atoms with Gasteiger partial charge in [-0.25, -0.2) is 4.79 Å². The van der Waals surface area contributed by atoms with Gasteiger partial charge in [0.25, 0.3) is 5.91 Å². The van der Waals surface area contributed by atoms with E-state index in [1.54, 1.807) is 4.90 Å². The van der Waals surface area contributed by atoms with Crippen LogP contribution in [0.5, 0.6) is 0 Å². The first kappa shape index (κ1) is 12.9. The minimum Gasteiger partial charge on any atom is -0.480 e. The lowest BCUT2D eigenvalue weighted by molar-refractivity contribution is -0.154. The fraction of sp³-hybridized carbons (Fsp3) is 0.857. The van der Waals surface area contributed by atoms with Crippen molar-refractivity contribution in [1.29, 1.82) is 0 Å². The van der Waals surface area contributed by atoms with Crippen LogP contribution < -0.4 is 0 Å². The van der Waals surface area contributed by atoms with Gasteiger partial charge in [0.15, 0.2) is 0 Å². The van der Waals surface area contributed by atoms with E-state index in [1.807, 2.05) is 0 Å². The fourth-order valence-corrected chi connectivity index (χ4v) is 3.94. The van der Waals surface area contributed by atoms with Crippen molar-refractivity contribution < 1.29 is 19.4 Å². The van der Waals surface area contributed by atoms with Crippen LogP contribution in [0.25, 0.3) is 0 Å². The van der Waals surface area contributed by atoms with Crippen LogP contribution >= 0.6 is 0 Å². The highest BCUT2D eigenvalue weighted by Crippen LogP contribution is 2.40. The van der Waals surface area contributed by atoms with Gasteiger partial charge in [-0.15, -0.1) is 0 Å². The van der Waals surface area contributed by atoms with Crippen LogP contribution in [0, 0.1) is 5.92 Å². The number of hydrogen-bond donors (Lipinski definition) is 1. The number of hydrogen-bond acceptors (Lipinski definition) is 3. The zero-order chi connectivity index (χ0) is 13.4. The van der Waals surface area contributed by atoms with Crippen molar-refractivity contribution in [2.75, 3.05) is 6.61 Å². The summed E-state index contributed by atoms with van der Waals surface area (Å²) < 4.78 is 5.45. The van der Waals surface area contributed by atoms with Gasteiger partial charge in [-0.3, -0.25) is 4.79 Å². The zero-order valence-corrected chi connectivity index (χ0v) is 11.1. The number of fused-ring (bicyclic) bond motifs is 1. The summed E-state index contributed by atoms with van der Waals surface area (Å²) in [6.45, 7) is 0.621. The van der Waals surface area contributed by atoms with Crippen molar-refractivity contribution in [1.82, 2.24) is 4.90 Å². The molecule has 4 atom stereocenters. The van der Waals surface area contributed by atoms with Crippen molar-refractivity contribution in [2.24, 2.45) is 5.92 Å². The second kappa shape index (κ2) is 5.12. The molecule has 5 nitrogen and oxygen atoms in total. The Bertz CT molecular complexity index is 378. The van der Waals surface area contributed by atoms with Gasteiger partial charge >= 0.3 is 5.97 Å². The van der Waals surface area contributed by atoms with E-state index in [-0.39, 0.29) is 11.9 Å². The predicted octanol–water partition coefficient (Wildman–Crippen LogP) is 1.41. The quantitative estimate of drug-likeness (QED) is 0.821. The maximum atomic E-state index is 12.6. The smallest absolute Gasteiger partial charge is 0.326 e. The van der Waals surface area contributed by atoms with Crippen molar-refractivity contribution in [3.05, 3.63) is 0 Å². The molecule has 0 aromatic rings. The molecule has 2 saturated heterocycles. The average Bonchev–Trinajstić information content (AvgIpc) is 3.05. The van der Waals surface area contributed by atoms with Crippen LogP contribution in [-0.4, -0.2) is 46.7 Å². The highest BCUT2D eigenvalue weighted by molar-refractivity contribution is 5.87. The van der Waals surface area contributed by atoms with Gasteiger partial charge in [-0.2, -0.15) is 0 Å². The van der Waals surface area contributed by atoms with Crippen LogP contribution in [0.1, 0.15) is 44.9 Å². The third kappa shape index (κ3) is 2.24. The Balaban J connectivity index is 1.81. The number of ether oxygens (including phenoxy) is 1. The Hall–Kier alpha value is -1.10. The first-order valence-electron chi connectivity index (χ1n) is 7.35. The maximum Gasteiger partial charge on any atom is 0.326 e. The van der Waals surface area contributed by atoms with E-state index in [1.165, 1.54) is 0 Å². The van der Waals surface area contributed by atoms with Gasteiger partial charge in [0, 0.05) is 12.6 Å². The normalized spacial score (nSPS) is 38.2. The molecule has 19 heavy (non-hydrogen) atoms. The maximum absolute atomic E-state index is 12.6.